The highest BCUT2D eigenvalue weighted by Gasteiger charge is 2.11. The average molecular weight is 181 g/mol. The molecule has 70 valence electrons. The fraction of sp³-hybridized carbons (Fsp3) is 0.333. The van der Waals surface area contributed by atoms with Crippen LogP contribution in [0.3, 0.4) is 0 Å². The van der Waals surface area contributed by atoms with Crippen LogP contribution < -0.4 is 0 Å². The lowest BCUT2D eigenvalue weighted by Crippen LogP contribution is -2.05. The van der Waals surface area contributed by atoms with E-state index in [1.165, 1.54) is 6.20 Å². The molecule has 2 N–H and O–H groups in total. The lowest BCUT2D eigenvalue weighted by Gasteiger charge is -2.07. The zero-order chi connectivity index (χ0) is 9.84. The summed E-state index contributed by atoms with van der Waals surface area (Å²) in [6.07, 6.45) is 0.235. The predicted molar refractivity (Wildman–Crippen MR) is 46.2 cm³/mol. The Morgan fingerprint density at radius 1 is 1.62 bits per heavy atom. The molecule has 1 heterocycles. The van der Waals surface area contributed by atoms with Crippen molar-refractivity contribution in [2.45, 2.75) is 19.4 Å². The van der Waals surface area contributed by atoms with E-state index in [2.05, 4.69) is 4.98 Å². The Morgan fingerprint density at radius 2 is 2.31 bits per heavy atom. The van der Waals surface area contributed by atoms with Gasteiger partial charge in [-0.15, -0.1) is 0 Å². The number of aliphatic hydroxyl groups is 1. The van der Waals surface area contributed by atoms with E-state index in [9.17, 15) is 9.90 Å². The van der Waals surface area contributed by atoms with Crippen LogP contribution in [0.15, 0.2) is 18.3 Å². The zero-order valence-electron chi connectivity index (χ0n) is 7.27. The second-order valence-electron chi connectivity index (χ2n) is 2.85. The smallest absolute Gasteiger partial charge is 0.306 e. The van der Waals surface area contributed by atoms with Crippen molar-refractivity contribution in [3.8, 4) is 0 Å². The number of aliphatic hydroxyl groups excluding tert-OH is 1. The van der Waals surface area contributed by atoms with Crippen molar-refractivity contribution in [3.05, 3.63) is 29.6 Å². The van der Waals surface area contributed by atoms with Gasteiger partial charge in [0.1, 0.15) is 0 Å². The minimum Gasteiger partial charge on any atom is -0.481 e. The molecule has 1 atom stereocenters. The molecule has 0 bridgehead atoms. The Labute approximate surface area is 75.9 Å². The summed E-state index contributed by atoms with van der Waals surface area (Å²) in [4.78, 5) is 14.2. The summed E-state index contributed by atoms with van der Waals surface area (Å²) in [7, 11) is 0. The number of pyridine rings is 1. The van der Waals surface area contributed by atoms with Crippen LogP contribution in [0.5, 0.6) is 0 Å². The maximum absolute atomic E-state index is 10.3. The minimum absolute atomic E-state index is 0.287. The fourth-order valence-corrected chi connectivity index (χ4v) is 0.960. The lowest BCUT2D eigenvalue weighted by atomic mass is 10.1. The number of carbonyl (C=O) groups is 1. The van der Waals surface area contributed by atoms with Gasteiger partial charge in [-0.25, -0.2) is 0 Å². The summed E-state index contributed by atoms with van der Waals surface area (Å²) >= 11 is 0. The molecular weight excluding hydrogens is 170 g/mol. The van der Waals surface area contributed by atoms with E-state index in [4.69, 9.17) is 5.11 Å². The van der Waals surface area contributed by atoms with E-state index in [0.717, 1.165) is 5.69 Å². The molecule has 4 heteroatoms. The molecule has 0 radical (unpaired) electrons. The van der Waals surface area contributed by atoms with Gasteiger partial charge in [-0.05, 0) is 18.6 Å². The number of nitrogens with zero attached hydrogens (tertiary/aromatic N) is 1. The highest BCUT2D eigenvalue weighted by molar-refractivity contribution is 5.67. The van der Waals surface area contributed by atoms with Gasteiger partial charge < -0.3 is 10.2 Å². The molecule has 13 heavy (non-hydrogen) atoms. The third kappa shape index (κ3) is 2.83. The molecule has 0 saturated heterocycles. The molecule has 0 aliphatic rings. The maximum Gasteiger partial charge on any atom is 0.306 e. The highest BCUT2D eigenvalue weighted by atomic mass is 16.4. The second-order valence-corrected chi connectivity index (χ2v) is 2.85. The molecule has 0 aromatic carbocycles. The standard InChI is InChI=1S/C9H11NO3/c1-6-2-3-7(5-10-6)8(11)4-9(12)13/h2-3,5,8,11H,4H2,1H3,(H,12,13)/t8-/m1/s1. The van der Waals surface area contributed by atoms with Gasteiger partial charge in [0.15, 0.2) is 0 Å². The highest BCUT2D eigenvalue weighted by Crippen LogP contribution is 2.15. The van der Waals surface area contributed by atoms with Crippen LogP contribution in [0.1, 0.15) is 23.8 Å². The van der Waals surface area contributed by atoms with Crippen molar-refractivity contribution >= 4 is 5.97 Å². The molecule has 0 spiro atoms. The van der Waals surface area contributed by atoms with Crippen molar-refractivity contribution in [3.63, 3.8) is 0 Å². The predicted octanol–water partition coefficient (Wildman–Crippen LogP) is 0.898. The van der Waals surface area contributed by atoms with Crippen LogP contribution in [0.4, 0.5) is 0 Å². The Balaban J connectivity index is 2.71. The van der Waals surface area contributed by atoms with Crippen molar-refractivity contribution < 1.29 is 15.0 Å². The number of rotatable bonds is 3. The van der Waals surface area contributed by atoms with Gasteiger partial charge in [0, 0.05) is 11.9 Å². The second kappa shape index (κ2) is 4.00. The topological polar surface area (TPSA) is 70.4 Å². The molecule has 0 aliphatic carbocycles. The summed E-state index contributed by atoms with van der Waals surface area (Å²) in [6.45, 7) is 1.83. The van der Waals surface area contributed by atoms with Crippen molar-refractivity contribution in [1.82, 2.24) is 4.98 Å². The van der Waals surface area contributed by atoms with E-state index in [1.807, 2.05) is 6.92 Å². The van der Waals surface area contributed by atoms with Gasteiger partial charge in [0.05, 0.1) is 12.5 Å². The summed E-state index contributed by atoms with van der Waals surface area (Å²) in [6, 6.07) is 3.41. The summed E-state index contributed by atoms with van der Waals surface area (Å²) in [5.74, 6) is -1.02. The Kier molecular flexibility index (Phi) is 2.97. The Morgan fingerprint density at radius 3 is 2.77 bits per heavy atom. The number of aliphatic carboxylic acids is 1. The number of aromatic nitrogens is 1. The summed E-state index contributed by atoms with van der Waals surface area (Å²) in [5, 5.41) is 17.8. The summed E-state index contributed by atoms with van der Waals surface area (Å²) in [5.41, 5.74) is 1.37. The van der Waals surface area contributed by atoms with Gasteiger partial charge in [-0.2, -0.15) is 0 Å². The van der Waals surface area contributed by atoms with E-state index >= 15 is 0 Å². The monoisotopic (exact) mass is 181 g/mol. The first-order valence-corrected chi connectivity index (χ1v) is 3.92. The fourth-order valence-electron chi connectivity index (χ4n) is 0.960. The average Bonchev–Trinajstić information content (AvgIpc) is 2.04. The van der Waals surface area contributed by atoms with Crippen LogP contribution in [-0.4, -0.2) is 21.2 Å². The maximum atomic E-state index is 10.3. The zero-order valence-corrected chi connectivity index (χ0v) is 7.27. The van der Waals surface area contributed by atoms with E-state index < -0.39 is 12.1 Å². The quantitative estimate of drug-likeness (QED) is 0.726. The SMILES string of the molecule is Cc1ccc([C@H](O)CC(=O)O)cn1. The third-order valence-corrected chi connectivity index (χ3v) is 1.69. The molecule has 1 rings (SSSR count). The molecule has 0 aliphatic heterocycles. The van der Waals surface area contributed by atoms with Crippen molar-refractivity contribution in [1.29, 1.82) is 0 Å². The Hall–Kier alpha value is -1.42. The molecule has 1 aromatic heterocycles. The summed E-state index contributed by atoms with van der Waals surface area (Å²) < 4.78 is 0. The van der Waals surface area contributed by atoms with Crippen molar-refractivity contribution in [2.24, 2.45) is 0 Å². The Bertz CT molecular complexity index is 294. The van der Waals surface area contributed by atoms with Gasteiger partial charge in [0.2, 0.25) is 0 Å². The first kappa shape index (κ1) is 9.67. The molecule has 4 nitrogen and oxygen atoms in total. The first-order valence-electron chi connectivity index (χ1n) is 3.92. The van der Waals surface area contributed by atoms with Crippen molar-refractivity contribution in [2.75, 3.05) is 0 Å². The first-order chi connectivity index (χ1) is 6.09. The number of hydrogen-bond acceptors (Lipinski definition) is 3. The van der Waals surface area contributed by atoms with Crippen LogP contribution in [0.25, 0.3) is 0 Å². The van der Waals surface area contributed by atoms with Gasteiger partial charge in [0.25, 0.3) is 0 Å². The number of hydrogen-bond donors (Lipinski definition) is 2. The molecule has 0 unspecified atom stereocenters. The van der Waals surface area contributed by atoms with Crippen LogP contribution in [-0.2, 0) is 4.79 Å². The van der Waals surface area contributed by atoms with E-state index in [-0.39, 0.29) is 6.42 Å². The molecule has 0 amide bonds. The lowest BCUT2D eigenvalue weighted by molar-refractivity contribution is -0.139. The molecule has 0 saturated carbocycles. The number of aryl methyl sites for hydroxylation is 1. The van der Waals surface area contributed by atoms with Crippen LogP contribution in [0.2, 0.25) is 0 Å². The normalized spacial score (nSPS) is 12.5. The molecular formula is C9H11NO3. The van der Waals surface area contributed by atoms with Crippen LogP contribution >= 0.6 is 0 Å². The number of carboxylic acid groups (broad SMARTS) is 1. The van der Waals surface area contributed by atoms with E-state index in [0.29, 0.717) is 5.56 Å². The van der Waals surface area contributed by atoms with E-state index in [1.54, 1.807) is 12.1 Å². The van der Waals surface area contributed by atoms with Gasteiger partial charge in [-0.1, -0.05) is 6.07 Å². The van der Waals surface area contributed by atoms with Gasteiger partial charge >= 0.3 is 5.97 Å². The minimum atomic E-state index is -1.02. The van der Waals surface area contributed by atoms with Gasteiger partial charge in [-0.3, -0.25) is 9.78 Å². The third-order valence-electron chi connectivity index (χ3n) is 1.69. The van der Waals surface area contributed by atoms with Crippen LogP contribution in [0, 0.1) is 6.92 Å². The number of carboxylic acids is 1. The molecule has 0 fully saturated rings. The molecule has 1 aromatic rings. The largest absolute Gasteiger partial charge is 0.481 e.